The zero-order valence-corrected chi connectivity index (χ0v) is 15.2. The summed E-state index contributed by atoms with van der Waals surface area (Å²) in [6.07, 6.45) is 12.8. The van der Waals surface area contributed by atoms with E-state index in [1.807, 2.05) is 12.1 Å². The van der Waals surface area contributed by atoms with Crippen molar-refractivity contribution in [3.63, 3.8) is 0 Å². The SMILES string of the molecule is CCCCC/C=C/c1ccc(-c2ccnc(C(=N)C=C(C)N)c2)s1. The number of thiophene rings is 1. The Hall–Kier alpha value is -2.20. The second-order valence-electron chi connectivity index (χ2n) is 5.83. The number of aromatic nitrogens is 1. The topological polar surface area (TPSA) is 62.8 Å². The molecular weight excluding hydrogens is 314 g/mol. The Labute approximate surface area is 148 Å². The van der Waals surface area contributed by atoms with Gasteiger partial charge in [-0.1, -0.05) is 25.8 Å². The van der Waals surface area contributed by atoms with E-state index >= 15 is 0 Å². The Morgan fingerprint density at radius 2 is 2.12 bits per heavy atom. The highest BCUT2D eigenvalue weighted by Crippen LogP contribution is 2.29. The second kappa shape index (κ2) is 9.18. The number of nitrogens with zero attached hydrogens (tertiary/aromatic N) is 1. The molecule has 0 unspecified atom stereocenters. The van der Waals surface area contributed by atoms with Gasteiger partial charge >= 0.3 is 0 Å². The molecule has 0 spiro atoms. The van der Waals surface area contributed by atoms with E-state index in [4.69, 9.17) is 11.1 Å². The molecule has 0 saturated heterocycles. The molecule has 0 atom stereocenters. The zero-order chi connectivity index (χ0) is 17.4. The molecule has 4 heteroatoms. The van der Waals surface area contributed by atoms with E-state index in [1.165, 1.54) is 29.0 Å². The highest BCUT2D eigenvalue weighted by atomic mass is 32.1. The highest BCUT2D eigenvalue weighted by Gasteiger charge is 2.06. The van der Waals surface area contributed by atoms with Crippen LogP contribution in [0.15, 0.2) is 48.3 Å². The minimum Gasteiger partial charge on any atom is -0.402 e. The summed E-state index contributed by atoms with van der Waals surface area (Å²) in [7, 11) is 0. The van der Waals surface area contributed by atoms with Crippen LogP contribution in [0.4, 0.5) is 0 Å². The van der Waals surface area contributed by atoms with Gasteiger partial charge in [0.1, 0.15) is 0 Å². The molecule has 2 rings (SSSR count). The maximum Gasteiger partial charge on any atom is 0.0886 e. The standard InChI is InChI=1S/C20H25N3S/c1-3-4-5-6-7-8-17-9-10-20(24-17)16-11-12-23-19(14-16)18(22)13-15(2)21/h7-14,22H,3-6,21H2,1-2H3/b8-7+,15-13?,22-18?. The third-order valence-corrected chi connectivity index (χ3v) is 4.68. The summed E-state index contributed by atoms with van der Waals surface area (Å²) in [6.45, 7) is 4.00. The highest BCUT2D eigenvalue weighted by molar-refractivity contribution is 7.16. The Bertz CT molecular complexity index is 737. The fourth-order valence-electron chi connectivity index (χ4n) is 2.34. The van der Waals surface area contributed by atoms with Crippen LogP contribution in [-0.4, -0.2) is 10.7 Å². The van der Waals surface area contributed by atoms with Crippen molar-refractivity contribution in [3.8, 4) is 10.4 Å². The van der Waals surface area contributed by atoms with E-state index < -0.39 is 0 Å². The van der Waals surface area contributed by atoms with Crippen molar-refractivity contribution in [3.05, 3.63) is 58.9 Å². The lowest BCUT2D eigenvalue weighted by Crippen LogP contribution is -2.02. The predicted octanol–water partition coefficient (Wildman–Crippen LogP) is 5.63. The van der Waals surface area contributed by atoms with Gasteiger partial charge in [0.25, 0.3) is 0 Å². The maximum atomic E-state index is 8.04. The van der Waals surface area contributed by atoms with Crippen LogP contribution in [0.2, 0.25) is 0 Å². The maximum absolute atomic E-state index is 8.04. The molecule has 3 nitrogen and oxygen atoms in total. The molecule has 0 aliphatic rings. The van der Waals surface area contributed by atoms with Gasteiger partial charge in [-0.2, -0.15) is 0 Å². The number of nitrogens with one attached hydrogen (secondary N) is 1. The lowest BCUT2D eigenvalue weighted by Gasteiger charge is -2.02. The van der Waals surface area contributed by atoms with E-state index in [0.717, 1.165) is 12.0 Å². The van der Waals surface area contributed by atoms with Gasteiger partial charge in [0.2, 0.25) is 0 Å². The van der Waals surface area contributed by atoms with Crippen LogP contribution < -0.4 is 5.73 Å². The average Bonchev–Trinajstić information content (AvgIpc) is 3.03. The summed E-state index contributed by atoms with van der Waals surface area (Å²) in [4.78, 5) is 6.71. The summed E-state index contributed by atoms with van der Waals surface area (Å²) >= 11 is 1.76. The Morgan fingerprint density at radius 1 is 1.29 bits per heavy atom. The van der Waals surface area contributed by atoms with Crippen molar-refractivity contribution in [2.45, 2.75) is 39.5 Å². The number of rotatable bonds is 8. The van der Waals surface area contributed by atoms with Crippen LogP contribution in [0.1, 0.15) is 50.1 Å². The Morgan fingerprint density at radius 3 is 2.88 bits per heavy atom. The fourth-order valence-corrected chi connectivity index (χ4v) is 3.28. The molecule has 0 aliphatic heterocycles. The van der Waals surface area contributed by atoms with E-state index in [0.29, 0.717) is 17.1 Å². The molecule has 2 aromatic heterocycles. The molecule has 3 N–H and O–H groups in total. The zero-order valence-electron chi connectivity index (χ0n) is 14.4. The smallest absolute Gasteiger partial charge is 0.0886 e. The van der Waals surface area contributed by atoms with E-state index in [1.54, 1.807) is 30.5 Å². The molecule has 126 valence electrons. The van der Waals surface area contributed by atoms with Gasteiger partial charge in [-0.25, -0.2) is 0 Å². The van der Waals surface area contributed by atoms with Gasteiger partial charge < -0.3 is 5.73 Å². The molecule has 2 aromatic rings. The largest absolute Gasteiger partial charge is 0.402 e. The number of nitrogens with two attached hydrogens (primary N) is 1. The quantitative estimate of drug-likeness (QED) is 0.483. The van der Waals surface area contributed by atoms with Crippen LogP contribution in [0.5, 0.6) is 0 Å². The molecule has 0 radical (unpaired) electrons. The van der Waals surface area contributed by atoms with Crippen molar-refractivity contribution in [2.75, 3.05) is 0 Å². The van der Waals surface area contributed by atoms with Crippen LogP contribution in [-0.2, 0) is 0 Å². The Kier molecular flexibility index (Phi) is 6.94. The number of unbranched alkanes of at least 4 members (excludes halogenated alkanes) is 3. The normalized spacial score (nSPS) is 12.0. The number of hydrogen-bond acceptors (Lipinski definition) is 4. The summed E-state index contributed by atoms with van der Waals surface area (Å²) in [5.74, 6) is 0. The van der Waals surface area contributed by atoms with Crippen molar-refractivity contribution >= 4 is 23.1 Å². The van der Waals surface area contributed by atoms with Gasteiger partial charge in [-0.3, -0.25) is 10.4 Å². The first kappa shape index (κ1) is 18.1. The molecular formula is C20H25N3S. The summed E-state index contributed by atoms with van der Waals surface area (Å²) in [6, 6.07) is 8.20. The van der Waals surface area contributed by atoms with E-state index in [-0.39, 0.29) is 0 Å². The first-order valence-electron chi connectivity index (χ1n) is 8.35. The first-order chi connectivity index (χ1) is 11.6. The van der Waals surface area contributed by atoms with Crippen molar-refractivity contribution in [2.24, 2.45) is 5.73 Å². The minimum atomic E-state index is 0.337. The van der Waals surface area contributed by atoms with Crippen LogP contribution >= 0.6 is 11.3 Å². The Balaban J connectivity index is 2.10. The van der Waals surface area contributed by atoms with Crippen LogP contribution in [0.25, 0.3) is 16.5 Å². The molecule has 0 aromatic carbocycles. The van der Waals surface area contributed by atoms with Gasteiger partial charge in [0.05, 0.1) is 11.4 Å². The van der Waals surface area contributed by atoms with Crippen molar-refractivity contribution < 1.29 is 0 Å². The number of allylic oxidation sites excluding steroid dienone is 3. The minimum absolute atomic E-state index is 0.337. The van der Waals surface area contributed by atoms with E-state index in [2.05, 4.69) is 36.2 Å². The van der Waals surface area contributed by atoms with Gasteiger partial charge in [-0.15, -0.1) is 11.3 Å². The molecule has 0 aliphatic carbocycles. The molecule has 24 heavy (non-hydrogen) atoms. The van der Waals surface area contributed by atoms with Gasteiger partial charge in [-0.05, 0) is 61.7 Å². The van der Waals surface area contributed by atoms with Crippen LogP contribution in [0.3, 0.4) is 0 Å². The lowest BCUT2D eigenvalue weighted by atomic mass is 10.1. The molecule has 0 saturated carbocycles. The molecule has 0 amide bonds. The molecule has 2 heterocycles. The average molecular weight is 340 g/mol. The van der Waals surface area contributed by atoms with Gasteiger partial charge in [0, 0.05) is 21.6 Å². The van der Waals surface area contributed by atoms with Crippen molar-refractivity contribution in [1.29, 1.82) is 5.41 Å². The predicted molar refractivity (Wildman–Crippen MR) is 105 cm³/mol. The summed E-state index contributed by atoms with van der Waals surface area (Å²) in [5.41, 5.74) is 8.32. The monoisotopic (exact) mass is 339 g/mol. The molecule has 0 bridgehead atoms. The number of hydrogen-bond donors (Lipinski definition) is 2. The fraction of sp³-hybridized carbons (Fsp3) is 0.300. The summed E-state index contributed by atoms with van der Waals surface area (Å²) < 4.78 is 0. The lowest BCUT2D eigenvalue weighted by molar-refractivity contribution is 0.730. The van der Waals surface area contributed by atoms with Crippen molar-refractivity contribution in [1.82, 2.24) is 4.98 Å². The summed E-state index contributed by atoms with van der Waals surface area (Å²) in [5, 5.41) is 8.04. The second-order valence-corrected chi connectivity index (χ2v) is 6.95. The third kappa shape index (κ3) is 5.46. The third-order valence-electron chi connectivity index (χ3n) is 3.58. The molecule has 0 fully saturated rings. The number of pyridine rings is 1. The van der Waals surface area contributed by atoms with Crippen LogP contribution in [0, 0.1) is 5.41 Å². The first-order valence-corrected chi connectivity index (χ1v) is 9.17. The van der Waals surface area contributed by atoms with E-state index in [9.17, 15) is 0 Å². The van der Waals surface area contributed by atoms with Gasteiger partial charge in [0.15, 0.2) is 0 Å².